The number of hydrogen-bond acceptors (Lipinski definition) is 6. The van der Waals surface area contributed by atoms with Gasteiger partial charge >= 0.3 is 0 Å². The van der Waals surface area contributed by atoms with E-state index in [9.17, 15) is 9.59 Å². The predicted molar refractivity (Wildman–Crippen MR) is 106 cm³/mol. The Morgan fingerprint density at radius 1 is 1.26 bits per heavy atom. The van der Waals surface area contributed by atoms with E-state index in [0.717, 1.165) is 30.6 Å². The highest BCUT2D eigenvalue weighted by Crippen LogP contribution is 2.32. The highest BCUT2D eigenvalue weighted by atomic mass is 32.1. The molecule has 0 bridgehead atoms. The number of thiazole rings is 1. The smallest absolute Gasteiger partial charge is 0.273 e. The zero-order valence-corrected chi connectivity index (χ0v) is 15.8. The van der Waals surface area contributed by atoms with Crippen LogP contribution in [0.4, 0.5) is 10.8 Å². The fourth-order valence-corrected chi connectivity index (χ4v) is 4.62. The Kier molecular flexibility index (Phi) is 4.65. The van der Waals surface area contributed by atoms with Gasteiger partial charge in [0.2, 0.25) is 5.91 Å². The molecule has 27 heavy (non-hydrogen) atoms. The summed E-state index contributed by atoms with van der Waals surface area (Å²) in [5.74, 6) is -0.195. The van der Waals surface area contributed by atoms with E-state index in [1.54, 1.807) is 0 Å². The van der Waals surface area contributed by atoms with Crippen molar-refractivity contribution in [3.05, 3.63) is 40.9 Å². The van der Waals surface area contributed by atoms with Crippen LogP contribution in [0.3, 0.4) is 0 Å². The van der Waals surface area contributed by atoms with Crippen molar-refractivity contribution in [2.75, 3.05) is 10.3 Å². The second-order valence-corrected chi connectivity index (χ2v) is 8.12. The molecule has 2 heterocycles. The number of aromatic nitrogens is 1. The number of amides is 2. The Hall–Kier alpha value is -2.74. The summed E-state index contributed by atoms with van der Waals surface area (Å²) in [6.45, 7) is 2.23. The third kappa shape index (κ3) is 3.57. The molecule has 2 aliphatic rings. The summed E-state index contributed by atoms with van der Waals surface area (Å²) in [4.78, 5) is 30.3. The number of hydrogen-bond donors (Lipinski definition) is 2. The molecule has 3 N–H and O–H groups in total. The molecule has 2 unspecified atom stereocenters. The van der Waals surface area contributed by atoms with Gasteiger partial charge in [0.15, 0.2) is 5.13 Å². The van der Waals surface area contributed by atoms with Gasteiger partial charge in [-0.1, -0.05) is 25.1 Å². The maximum Gasteiger partial charge on any atom is 0.273 e. The summed E-state index contributed by atoms with van der Waals surface area (Å²) < 4.78 is 0. The van der Waals surface area contributed by atoms with Crippen molar-refractivity contribution in [1.82, 2.24) is 4.98 Å². The van der Waals surface area contributed by atoms with Crippen LogP contribution in [0.25, 0.3) is 0 Å². The third-order valence-electron chi connectivity index (χ3n) is 4.93. The lowest BCUT2D eigenvalue weighted by molar-refractivity contribution is -0.119. The molecule has 1 aliphatic heterocycles. The van der Waals surface area contributed by atoms with Crippen molar-refractivity contribution in [2.45, 2.75) is 38.6 Å². The van der Waals surface area contributed by atoms with Gasteiger partial charge in [-0.15, -0.1) is 11.3 Å². The first-order chi connectivity index (χ1) is 13.0. The SMILES string of the molecule is CC1CCc2nc(NC(=O)C3=NN(c4ccccc4)C(C(N)=O)C3)sc2C1. The quantitative estimate of drug-likeness (QED) is 0.846. The molecule has 2 amide bonds. The molecular formula is C19H21N5O2S. The van der Waals surface area contributed by atoms with Gasteiger partial charge in [0.05, 0.1) is 11.4 Å². The van der Waals surface area contributed by atoms with Crippen molar-refractivity contribution in [3.63, 3.8) is 0 Å². The van der Waals surface area contributed by atoms with Crippen molar-refractivity contribution in [3.8, 4) is 0 Å². The molecule has 1 aromatic carbocycles. The zero-order chi connectivity index (χ0) is 19.0. The van der Waals surface area contributed by atoms with E-state index in [1.807, 2.05) is 30.3 Å². The standard InChI is InChI=1S/C19H21N5O2S/c1-11-7-8-13-16(9-11)27-19(21-13)22-18(26)14-10-15(17(20)25)24(23-14)12-5-3-2-4-6-12/h2-6,11,15H,7-10H2,1H3,(H2,20,25)(H,21,22,26). The van der Waals surface area contributed by atoms with E-state index < -0.39 is 11.9 Å². The van der Waals surface area contributed by atoms with E-state index >= 15 is 0 Å². The normalized spacial score (nSPS) is 21.5. The van der Waals surface area contributed by atoms with Crippen LogP contribution in [0.5, 0.6) is 0 Å². The first-order valence-electron chi connectivity index (χ1n) is 9.02. The van der Waals surface area contributed by atoms with E-state index in [2.05, 4.69) is 22.3 Å². The highest BCUT2D eigenvalue weighted by molar-refractivity contribution is 7.16. The molecule has 4 rings (SSSR count). The van der Waals surface area contributed by atoms with Gasteiger partial charge in [0.25, 0.3) is 5.91 Å². The monoisotopic (exact) mass is 383 g/mol. The minimum absolute atomic E-state index is 0.179. The molecule has 8 heteroatoms. The van der Waals surface area contributed by atoms with Gasteiger partial charge in [-0.2, -0.15) is 5.10 Å². The number of para-hydroxylation sites is 1. The number of nitrogens with two attached hydrogens (primary N) is 1. The van der Waals surface area contributed by atoms with Gasteiger partial charge in [0.1, 0.15) is 11.8 Å². The van der Waals surface area contributed by atoms with Gasteiger partial charge in [-0.05, 0) is 37.3 Å². The van der Waals surface area contributed by atoms with E-state index in [1.165, 1.54) is 21.2 Å². The third-order valence-corrected chi connectivity index (χ3v) is 5.96. The van der Waals surface area contributed by atoms with Gasteiger partial charge in [-0.25, -0.2) is 4.98 Å². The van der Waals surface area contributed by atoms with Crippen LogP contribution in [0.15, 0.2) is 35.4 Å². The molecule has 0 saturated heterocycles. The summed E-state index contributed by atoms with van der Waals surface area (Å²) in [5, 5.41) is 9.32. The lowest BCUT2D eigenvalue weighted by Crippen LogP contribution is -2.39. The number of primary amides is 1. The maximum absolute atomic E-state index is 12.7. The predicted octanol–water partition coefficient (Wildman–Crippen LogP) is 2.33. The number of carbonyl (C=O) groups excluding carboxylic acids is 2. The van der Waals surface area contributed by atoms with Crippen LogP contribution in [0.2, 0.25) is 0 Å². The minimum atomic E-state index is -0.668. The largest absolute Gasteiger partial charge is 0.368 e. The Bertz CT molecular complexity index is 908. The first-order valence-corrected chi connectivity index (χ1v) is 9.84. The topological polar surface area (TPSA) is 101 Å². The van der Waals surface area contributed by atoms with Crippen molar-refractivity contribution >= 4 is 39.7 Å². The zero-order valence-electron chi connectivity index (χ0n) is 15.0. The summed E-state index contributed by atoms with van der Waals surface area (Å²) in [7, 11) is 0. The summed E-state index contributed by atoms with van der Waals surface area (Å²) in [6.07, 6.45) is 3.27. The second kappa shape index (κ2) is 7.11. The minimum Gasteiger partial charge on any atom is -0.368 e. The number of rotatable bonds is 4. The fourth-order valence-electron chi connectivity index (χ4n) is 3.45. The van der Waals surface area contributed by atoms with Crippen molar-refractivity contribution in [2.24, 2.45) is 16.8 Å². The molecule has 0 fully saturated rings. The first kappa shape index (κ1) is 17.7. The molecule has 0 spiro atoms. The van der Waals surface area contributed by atoms with Gasteiger partial charge < -0.3 is 5.73 Å². The highest BCUT2D eigenvalue weighted by Gasteiger charge is 2.35. The number of aryl methyl sites for hydroxylation is 1. The average molecular weight is 383 g/mol. The average Bonchev–Trinajstić information content (AvgIpc) is 3.26. The Labute approximate surface area is 161 Å². The Morgan fingerprint density at radius 2 is 2.04 bits per heavy atom. The maximum atomic E-state index is 12.7. The van der Waals surface area contributed by atoms with Gasteiger partial charge in [0, 0.05) is 11.3 Å². The summed E-state index contributed by atoms with van der Waals surface area (Å²) in [6, 6.07) is 8.57. The number of carbonyl (C=O) groups is 2. The number of fused-ring (bicyclic) bond motifs is 1. The van der Waals surface area contributed by atoms with Gasteiger partial charge in [-0.3, -0.25) is 19.9 Å². The van der Waals surface area contributed by atoms with Crippen molar-refractivity contribution < 1.29 is 9.59 Å². The lowest BCUT2D eigenvalue weighted by atomic mass is 9.93. The molecule has 140 valence electrons. The second-order valence-electron chi connectivity index (χ2n) is 7.04. The van der Waals surface area contributed by atoms with E-state index in [-0.39, 0.29) is 18.0 Å². The van der Waals surface area contributed by atoms with Crippen LogP contribution < -0.4 is 16.1 Å². The number of benzene rings is 1. The molecule has 1 aromatic heterocycles. The van der Waals surface area contributed by atoms with Crippen LogP contribution in [0.1, 0.15) is 30.3 Å². The Morgan fingerprint density at radius 3 is 2.78 bits per heavy atom. The molecule has 2 aromatic rings. The summed E-state index contributed by atoms with van der Waals surface area (Å²) in [5.41, 5.74) is 7.62. The molecule has 0 saturated carbocycles. The van der Waals surface area contributed by atoms with Crippen molar-refractivity contribution in [1.29, 1.82) is 0 Å². The number of nitrogens with zero attached hydrogens (tertiary/aromatic N) is 3. The van der Waals surface area contributed by atoms with Crippen LogP contribution in [-0.4, -0.2) is 28.6 Å². The molecule has 2 atom stereocenters. The molecule has 1 aliphatic carbocycles. The molecular weight excluding hydrogens is 362 g/mol. The lowest BCUT2D eigenvalue weighted by Gasteiger charge is -2.20. The summed E-state index contributed by atoms with van der Waals surface area (Å²) >= 11 is 1.53. The molecule has 0 radical (unpaired) electrons. The molecule has 7 nitrogen and oxygen atoms in total. The Balaban J connectivity index is 1.52. The van der Waals surface area contributed by atoms with Crippen LogP contribution >= 0.6 is 11.3 Å². The number of hydrazone groups is 1. The number of nitrogens with one attached hydrogen (secondary N) is 1. The van der Waals surface area contributed by atoms with Crippen LogP contribution in [0, 0.1) is 5.92 Å². The van der Waals surface area contributed by atoms with E-state index in [0.29, 0.717) is 11.0 Å². The van der Waals surface area contributed by atoms with E-state index in [4.69, 9.17) is 5.73 Å². The van der Waals surface area contributed by atoms with Crippen LogP contribution in [-0.2, 0) is 22.4 Å². The fraction of sp³-hybridized carbons (Fsp3) is 0.368. The number of anilines is 2.